The summed E-state index contributed by atoms with van der Waals surface area (Å²) in [5, 5.41) is 7.62. The van der Waals surface area contributed by atoms with Crippen molar-refractivity contribution in [2.45, 2.75) is 13.3 Å². The fourth-order valence-corrected chi connectivity index (χ4v) is 3.40. The normalized spacial score (nSPS) is 21.4. The number of rotatable bonds is 3. The summed E-state index contributed by atoms with van der Waals surface area (Å²) in [5.74, 6) is 0.922. The van der Waals surface area contributed by atoms with Crippen molar-refractivity contribution in [3.8, 4) is 11.3 Å². The molecule has 0 bridgehead atoms. The molecular formula is C17H21ClN4O. The second-order valence-corrected chi connectivity index (χ2v) is 6.62. The predicted molar refractivity (Wildman–Crippen MR) is 91.3 cm³/mol. The number of nitrogens with two attached hydrogens (primary N) is 1. The molecule has 1 aliphatic rings. The van der Waals surface area contributed by atoms with E-state index in [-0.39, 0.29) is 5.91 Å². The van der Waals surface area contributed by atoms with Crippen LogP contribution in [-0.4, -0.2) is 40.6 Å². The molecule has 0 saturated carbocycles. The fourth-order valence-electron chi connectivity index (χ4n) is 3.21. The van der Waals surface area contributed by atoms with E-state index in [1.165, 1.54) is 0 Å². The van der Waals surface area contributed by atoms with Gasteiger partial charge in [0, 0.05) is 23.7 Å². The first-order valence-electron chi connectivity index (χ1n) is 7.88. The summed E-state index contributed by atoms with van der Waals surface area (Å²) in [4.78, 5) is 14.8. The number of carbonyl (C=O) groups is 1. The summed E-state index contributed by atoms with van der Waals surface area (Å²) in [7, 11) is 0. The van der Waals surface area contributed by atoms with Crippen molar-refractivity contribution >= 4 is 17.5 Å². The number of piperidine rings is 1. The Morgan fingerprint density at radius 2 is 2.35 bits per heavy atom. The zero-order valence-corrected chi connectivity index (χ0v) is 13.9. The van der Waals surface area contributed by atoms with Crippen LogP contribution in [0.2, 0.25) is 5.02 Å². The first-order valence-corrected chi connectivity index (χ1v) is 8.26. The summed E-state index contributed by atoms with van der Waals surface area (Å²) in [6, 6.07) is 7.42. The average molecular weight is 333 g/mol. The number of amides is 1. The highest BCUT2D eigenvalue weighted by Crippen LogP contribution is 2.28. The minimum atomic E-state index is 0.0102. The molecule has 1 aromatic heterocycles. The molecule has 0 radical (unpaired) electrons. The third-order valence-electron chi connectivity index (χ3n) is 4.66. The number of aromatic amines is 1. The zero-order chi connectivity index (χ0) is 16.4. The predicted octanol–water partition coefficient (Wildman–Crippen LogP) is 2.79. The van der Waals surface area contributed by atoms with Crippen molar-refractivity contribution in [3.05, 3.63) is 41.0 Å². The number of hydrogen-bond acceptors (Lipinski definition) is 3. The Morgan fingerprint density at radius 3 is 3.04 bits per heavy atom. The second-order valence-electron chi connectivity index (χ2n) is 6.18. The Kier molecular flexibility index (Phi) is 4.68. The lowest BCUT2D eigenvalue weighted by Gasteiger charge is -2.36. The van der Waals surface area contributed by atoms with Crippen LogP contribution in [0, 0.1) is 11.8 Å². The molecule has 5 nitrogen and oxygen atoms in total. The maximum atomic E-state index is 12.9. The van der Waals surface area contributed by atoms with Gasteiger partial charge in [0.1, 0.15) is 0 Å². The van der Waals surface area contributed by atoms with Crippen molar-refractivity contribution in [3.63, 3.8) is 0 Å². The Morgan fingerprint density at radius 1 is 1.52 bits per heavy atom. The molecule has 6 heteroatoms. The topological polar surface area (TPSA) is 75.0 Å². The fraction of sp³-hybridized carbons (Fsp3) is 0.412. The Labute approximate surface area is 140 Å². The number of likely N-dealkylation sites (tertiary alicyclic amines) is 1. The maximum absolute atomic E-state index is 12.9. The van der Waals surface area contributed by atoms with Crippen molar-refractivity contribution in [2.24, 2.45) is 17.6 Å². The third-order valence-corrected chi connectivity index (χ3v) is 4.89. The molecule has 0 spiro atoms. The van der Waals surface area contributed by atoms with Gasteiger partial charge in [0.05, 0.1) is 17.5 Å². The van der Waals surface area contributed by atoms with Crippen LogP contribution in [0.15, 0.2) is 30.5 Å². The number of nitrogens with one attached hydrogen (secondary N) is 1. The highest BCUT2D eigenvalue weighted by Gasteiger charge is 2.29. The molecule has 122 valence electrons. The molecule has 2 heterocycles. The molecule has 1 aromatic carbocycles. The van der Waals surface area contributed by atoms with Gasteiger partial charge in [-0.25, -0.2) is 0 Å². The zero-order valence-electron chi connectivity index (χ0n) is 13.1. The van der Waals surface area contributed by atoms with Gasteiger partial charge in [-0.05, 0) is 36.9 Å². The minimum absolute atomic E-state index is 0.0102. The molecule has 2 unspecified atom stereocenters. The molecule has 1 saturated heterocycles. The van der Waals surface area contributed by atoms with Gasteiger partial charge in [0.2, 0.25) is 0 Å². The molecule has 2 aromatic rings. The monoisotopic (exact) mass is 332 g/mol. The van der Waals surface area contributed by atoms with Gasteiger partial charge in [0.15, 0.2) is 0 Å². The van der Waals surface area contributed by atoms with Gasteiger partial charge >= 0.3 is 0 Å². The quantitative estimate of drug-likeness (QED) is 0.907. The van der Waals surface area contributed by atoms with E-state index in [0.717, 1.165) is 25.1 Å². The summed E-state index contributed by atoms with van der Waals surface area (Å²) in [6.45, 7) is 4.32. The number of benzene rings is 1. The van der Waals surface area contributed by atoms with Gasteiger partial charge in [-0.15, -0.1) is 0 Å². The van der Waals surface area contributed by atoms with Crippen LogP contribution in [0.4, 0.5) is 0 Å². The first kappa shape index (κ1) is 16.0. The van der Waals surface area contributed by atoms with Crippen LogP contribution < -0.4 is 5.73 Å². The second kappa shape index (κ2) is 6.72. The Balaban J connectivity index is 1.83. The van der Waals surface area contributed by atoms with E-state index >= 15 is 0 Å². The summed E-state index contributed by atoms with van der Waals surface area (Å²) in [5.41, 5.74) is 7.96. The van der Waals surface area contributed by atoms with E-state index < -0.39 is 0 Å². The molecule has 1 aliphatic heterocycles. The number of aromatic nitrogens is 2. The first-order chi connectivity index (χ1) is 11.1. The van der Waals surface area contributed by atoms with Crippen LogP contribution in [0.3, 0.4) is 0 Å². The van der Waals surface area contributed by atoms with Gasteiger partial charge in [-0.2, -0.15) is 5.10 Å². The van der Waals surface area contributed by atoms with E-state index in [9.17, 15) is 4.79 Å². The Bertz CT molecular complexity index is 699. The molecule has 3 rings (SSSR count). The van der Waals surface area contributed by atoms with E-state index in [1.807, 2.05) is 29.2 Å². The maximum Gasteiger partial charge on any atom is 0.257 e. The van der Waals surface area contributed by atoms with E-state index in [2.05, 4.69) is 17.1 Å². The van der Waals surface area contributed by atoms with Gasteiger partial charge in [-0.3, -0.25) is 9.89 Å². The van der Waals surface area contributed by atoms with Crippen molar-refractivity contribution < 1.29 is 4.79 Å². The summed E-state index contributed by atoms with van der Waals surface area (Å²) < 4.78 is 0. The highest BCUT2D eigenvalue weighted by molar-refractivity contribution is 6.30. The number of nitrogens with zero attached hydrogens (tertiary/aromatic N) is 2. The van der Waals surface area contributed by atoms with Crippen LogP contribution in [-0.2, 0) is 0 Å². The molecular weight excluding hydrogens is 312 g/mol. The molecule has 3 N–H and O–H groups in total. The Hall–Kier alpha value is -1.85. The van der Waals surface area contributed by atoms with Crippen LogP contribution in [0.5, 0.6) is 0 Å². The van der Waals surface area contributed by atoms with Crippen LogP contribution >= 0.6 is 11.6 Å². The van der Waals surface area contributed by atoms with E-state index in [0.29, 0.717) is 34.7 Å². The molecule has 0 aliphatic carbocycles. The lowest BCUT2D eigenvalue weighted by Crippen LogP contribution is -2.44. The smallest absolute Gasteiger partial charge is 0.257 e. The van der Waals surface area contributed by atoms with Gasteiger partial charge in [0.25, 0.3) is 5.91 Å². The lowest BCUT2D eigenvalue weighted by molar-refractivity contribution is 0.0620. The summed E-state index contributed by atoms with van der Waals surface area (Å²) in [6.07, 6.45) is 2.55. The molecule has 1 fully saturated rings. The van der Waals surface area contributed by atoms with Gasteiger partial charge < -0.3 is 10.6 Å². The third kappa shape index (κ3) is 3.26. The molecule has 1 amide bonds. The average Bonchev–Trinajstić information content (AvgIpc) is 3.03. The van der Waals surface area contributed by atoms with Crippen molar-refractivity contribution in [2.75, 3.05) is 19.6 Å². The minimum Gasteiger partial charge on any atom is -0.338 e. The number of hydrogen-bond donors (Lipinski definition) is 2. The van der Waals surface area contributed by atoms with Gasteiger partial charge in [-0.1, -0.05) is 30.7 Å². The van der Waals surface area contributed by atoms with Crippen molar-refractivity contribution in [1.29, 1.82) is 0 Å². The van der Waals surface area contributed by atoms with Crippen molar-refractivity contribution in [1.82, 2.24) is 15.1 Å². The largest absolute Gasteiger partial charge is 0.338 e. The lowest BCUT2D eigenvalue weighted by atomic mass is 9.87. The molecule has 23 heavy (non-hydrogen) atoms. The van der Waals surface area contributed by atoms with Crippen LogP contribution in [0.25, 0.3) is 11.3 Å². The van der Waals surface area contributed by atoms with Crippen LogP contribution in [0.1, 0.15) is 23.7 Å². The number of carbonyl (C=O) groups excluding carboxylic acids is 1. The standard InChI is InChI=1S/C17H21ClN4O/c1-11-10-22(6-5-13(11)8-19)17(23)15-9-20-21-16(15)12-3-2-4-14(18)7-12/h2-4,7,9,11,13H,5-6,8,10,19H2,1H3,(H,20,21). The highest BCUT2D eigenvalue weighted by atomic mass is 35.5. The van der Waals surface area contributed by atoms with E-state index in [1.54, 1.807) is 6.20 Å². The molecule has 2 atom stereocenters. The van der Waals surface area contributed by atoms with E-state index in [4.69, 9.17) is 17.3 Å². The number of halogens is 1. The summed E-state index contributed by atoms with van der Waals surface area (Å²) >= 11 is 6.05. The number of H-pyrrole nitrogens is 1. The SMILES string of the molecule is CC1CN(C(=O)c2cn[nH]c2-c2cccc(Cl)c2)CCC1CN.